The summed E-state index contributed by atoms with van der Waals surface area (Å²) in [4.78, 5) is 36.9. The van der Waals surface area contributed by atoms with Gasteiger partial charge in [-0.2, -0.15) is 0 Å². The van der Waals surface area contributed by atoms with E-state index < -0.39 is 11.9 Å². The van der Waals surface area contributed by atoms with Gasteiger partial charge in [-0.25, -0.2) is 4.79 Å². The average Bonchev–Trinajstić information content (AvgIpc) is 2.75. The van der Waals surface area contributed by atoms with E-state index in [1.165, 1.54) is 0 Å². The highest BCUT2D eigenvalue weighted by molar-refractivity contribution is 6.09. The van der Waals surface area contributed by atoms with E-state index >= 15 is 0 Å². The number of hydrogen-bond acceptors (Lipinski definition) is 4. The van der Waals surface area contributed by atoms with Gasteiger partial charge in [0.15, 0.2) is 0 Å². The summed E-state index contributed by atoms with van der Waals surface area (Å²) in [5.41, 5.74) is 2.12. The second-order valence-corrected chi connectivity index (χ2v) is 6.12. The molecular weight excluding hydrogens is 368 g/mol. The highest BCUT2D eigenvalue weighted by Gasteiger charge is 2.15. The Morgan fingerprint density at radius 1 is 0.724 bits per heavy atom. The van der Waals surface area contributed by atoms with Gasteiger partial charge in [0.2, 0.25) is 0 Å². The molecule has 2 amide bonds. The van der Waals surface area contributed by atoms with E-state index in [1.807, 2.05) is 18.2 Å². The molecule has 0 aliphatic rings. The van der Waals surface area contributed by atoms with Crippen LogP contribution < -0.4 is 10.6 Å². The molecule has 6 nitrogen and oxygen atoms in total. The summed E-state index contributed by atoms with van der Waals surface area (Å²) in [5, 5.41) is 5.50. The van der Waals surface area contributed by atoms with Crippen LogP contribution in [0.3, 0.4) is 0 Å². The molecule has 0 aromatic heterocycles. The van der Waals surface area contributed by atoms with Gasteiger partial charge < -0.3 is 15.4 Å². The molecule has 0 atom stereocenters. The summed E-state index contributed by atoms with van der Waals surface area (Å²) in [6.45, 7) is 1.96. The molecule has 0 fully saturated rings. The van der Waals surface area contributed by atoms with Gasteiger partial charge in [0.05, 0.1) is 17.9 Å². The minimum atomic E-state index is -0.503. The van der Waals surface area contributed by atoms with Crippen LogP contribution in [0.5, 0.6) is 0 Å². The Hall–Kier alpha value is -3.93. The predicted molar refractivity (Wildman–Crippen MR) is 111 cm³/mol. The lowest BCUT2D eigenvalue weighted by Crippen LogP contribution is -2.16. The fourth-order valence-corrected chi connectivity index (χ4v) is 2.67. The molecular formula is C23H20N2O4. The molecule has 0 unspecified atom stereocenters. The highest BCUT2D eigenvalue weighted by atomic mass is 16.5. The number of carbonyl (C=O) groups excluding carboxylic acids is 3. The second kappa shape index (κ2) is 9.32. The summed E-state index contributed by atoms with van der Waals surface area (Å²) in [5.74, 6) is -1.16. The van der Waals surface area contributed by atoms with Crippen molar-refractivity contribution in [2.45, 2.75) is 6.92 Å². The lowest BCUT2D eigenvalue weighted by Gasteiger charge is -2.11. The highest BCUT2D eigenvalue weighted by Crippen LogP contribution is 2.18. The van der Waals surface area contributed by atoms with Crippen LogP contribution in [-0.4, -0.2) is 24.4 Å². The van der Waals surface area contributed by atoms with Crippen molar-refractivity contribution in [3.63, 3.8) is 0 Å². The number of para-hydroxylation sites is 2. The molecule has 0 bridgehead atoms. The summed E-state index contributed by atoms with van der Waals surface area (Å²) in [6.07, 6.45) is 0. The SMILES string of the molecule is CCOC(=O)c1ccccc1NC(=O)c1ccc(C(=O)Nc2ccccc2)cc1. The van der Waals surface area contributed by atoms with Crippen LogP contribution in [0.4, 0.5) is 11.4 Å². The zero-order valence-corrected chi connectivity index (χ0v) is 15.8. The fraction of sp³-hybridized carbons (Fsp3) is 0.0870. The Bertz CT molecular complexity index is 1010. The normalized spacial score (nSPS) is 10.1. The topological polar surface area (TPSA) is 84.5 Å². The van der Waals surface area contributed by atoms with E-state index in [0.717, 1.165) is 0 Å². The molecule has 0 saturated heterocycles. The van der Waals surface area contributed by atoms with E-state index in [0.29, 0.717) is 22.5 Å². The van der Waals surface area contributed by atoms with Crippen LogP contribution in [0.2, 0.25) is 0 Å². The number of rotatable bonds is 6. The molecule has 0 aliphatic heterocycles. The van der Waals surface area contributed by atoms with Crippen molar-refractivity contribution in [1.82, 2.24) is 0 Å². The van der Waals surface area contributed by atoms with Crippen LogP contribution in [0.15, 0.2) is 78.9 Å². The van der Waals surface area contributed by atoms with Crippen molar-refractivity contribution in [2.24, 2.45) is 0 Å². The third-order valence-corrected chi connectivity index (χ3v) is 4.11. The Kier molecular flexibility index (Phi) is 6.37. The Balaban J connectivity index is 1.70. The van der Waals surface area contributed by atoms with E-state index in [1.54, 1.807) is 67.6 Å². The molecule has 3 rings (SSSR count). The lowest BCUT2D eigenvalue weighted by atomic mass is 10.1. The lowest BCUT2D eigenvalue weighted by molar-refractivity contribution is 0.0527. The maximum atomic E-state index is 12.6. The first-order valence-electron chi connectivity index (χ1n) is 9.12. The maximum Gasteiger partial charge on any atom is 0.340 e. The first-order chi connectivity index (χ1) is 14.1. The van der Waals surface area contributed by atoms with Gasteiger partial charge in [0, 0.05) is 16.8 Å². The summed E-state index contributed by atoms with van der Waals surface area (Å²) in [6, 6.07) is 22.0. The zero-order chi connectivity index (χ0) is 20.6. The molecule has 0 spiro atoms. The van der Waals surface area contributed by atoms with Gasteiger partial charge in [0.1, 0.15) is 0 Å². The summed E-state index contributed by atoms with van der Waals surface area (Å²) < 4.78 is 5.01. The smallest absolute Gasteiger partial charge is 0.340 e. The number of benzene rings is 3. The molecule has 2 N–H and O–H groups in total. The Morgan fingerprint density at radius 2 is 1.28 bits per heavy atom. The van der Waals surface area contributed by atoms with Crippen LogP contribution in [0.25, 0.3) is 0 Å². The number of nitrogens with one attached hydrogen (secondary N) is 2. The monoisotopic (exact) mass is 388 g/mol. The number of hydrogen-bond donors (Lipinski definition) is 2. The summed E-state index contributed by atoms with van der Waals surface area (Å²) in [7, 11) is 0. The maximum absolute atomic E-state index is 12.6. The van der Waals surface area contributed by atoms with Crippen LogP contribution >= 0.6 is 0 Å². The molecule has 0 saturated carbocycles. The average molecular weight is 388 g/mol. The fourth-order valence-electron chi connectivity index (χ4n) is 2.67. The second-order valence-electron chi connectivity index (χ2n) is 6.12. The van der Waals surface area contributed by atoms with E-state index in [-0.39, 0.29) is 18.1 Å². The van der Waals surface area contributed by atoms with Crippen molar-refractivity contribution >= 4 is 29.2 Å². The Morgan fingerprint density at radius 3 is 1.90 bits per heavy atom. The van der Waals surface area contributed by atoms with Crippen molar-refractivity contribution < 1.29 is 19.1 Å². The van der Waals surface area contributed by atoms with Gasteiger partial charge >= 0.3 is 5.97 Å². The third-order valence-electron chi connectivity index (χ3n) is 4.11. The van der Waals surface area contributed by atoms with Gasteiger partial charge in [-0.1, -0.05) is 30.3 Å². The standard InChI is InChI=1S/C23H20N2O4/c1-2-29-23(28)19-10-6-7-11-20(19)25-22(27)17-14-12-16(13-15-17)21(26)24-18-8-4-3-5-9-18/h3-15H,2H2,1H3,(H,24,26)(H,25,27). The molecule has 0 aliphatic carbocycles. The molecule has 29 heavy (non-hydrogen) atoms. The molecule has 0 heterocycles. The largest absolute Gasteiger partial charge is 0.462 e. The molecule has 3 aromatic rings. The van der Waals surface area contributed by atoms with Crippen molar-refractivity contribution in [3.8, 4) is 0 Å². The van der Waals surface area contributed by atoms with E-state index in [2.05, 4.69) is 10.6 Å². The number of esters is 1. The predicted octanol–water partition coefficient (Wildman–Crippen LogP) is 4.37. The minimum absolute atomic E-state index is 0.244. The molecule has 0 radical (unpaired) electrons. The number of anilines is 2. The van der Waals surface area contributed by atoms with Gasteiger partial charge in [-0.3, -0.25) is 9.59 Å². The van der Waals surface area contributed by atoms with Crippen molar-refractivity contribution in [2.75, 3.05) is 17.2 Å². The number of ether oxygens (including phenoxy) is 1. The van der Waals surface area contributed by atoms with Gasteiger partial charge in [-0.15, -0.1) is 0 Å². The molecule has 6 heteroatoms. The third kappa shape index (κ3) is 5.07. The van der Waals surface area contributed by atoms with Gasteiger partial charge in [0.25, 0.3) is 11.8 Å². The Labute approximate surface area is 168 Å². The zero-order valence-electron chi connectivity index (χ0n) is 15.8. The van der Waals surface area contributed by atoms with Crippen molar-refractivity contribution in [1.29, 1.82) is 0 Å². The van der Waals surface area contributed by atoms with Crippen LogP contribution in [0.1, 0.15) is 38.0 Å². The van der Waals surface area contributed by atoms with Crippen LogP contribution in [-0.2, 0) is 4.74 Å². The quantitative estimate of drug-likeness (QED) is 0.614. The van der Waals surface area contributed by atoms with Crippen LogP contribution in [0, 0.1) is 0 Å². The van der Waals surface area contributed by atoms with E-state index in [9.17, 15) is 14.4 Å². The van der Waals surface area contributed by atoms with Gasteiger partial charge in [-0.05, 0) is 55.5 Å². The molecule has 3 aromatic carbocycles. The summed E-state index contributed by atoms with van der Waals surface area (Å²) >= 11 is 0. The van der Waals surface area contributed by atoms with E-state index in [4.69, 9.17) is 4.74 Å². The molecule has 146 valence electrons. The first-order valence-corrected chi connectivity index (χ1v) is 9.12. The number of amides is 2. The minimum Gasteiger partial charge on any atom is -0.462 e. The van der Waals surface area contributed by atoms with Crippen molar-refractivity contribution in [3.05, 3.63) is 95.6 Å². The number of carbonyl (C=O) groups is 3. The first kappa shape index (κ1) is 19.8.